The molecule has 8 nitrogen and oxygen atoms in total. The molecule has 1 unspecified atom stereocenters. The third-order valence-electron chi connectivity index (χ3n) is 4.70. The predicted octanol–water partition coefficient (Wildman–Crippen LogP) is 2.80. The second-order valence-corrected chi connectivity index (χ2v) is 8.64. The highest BCUT2D eigenvalue weighted by Crippen LogP contribution is 2.34. The lowest BCUT2D eigenvalue weighted by atomic mass is 10.2. The number of fused-ring (bicyclic) bond motifs is 3. The van der Waals surface area contributed by atoms with Crippen LogP contribution in [0.5, 0.6) is 0 Å². The minimum Gasteiger partial charge on any atom is -0.378 e. The van der Waals surface area contributed by atoms with Gasteiger partial charge in [-0.2, -0.15) is 0 Å². The first-order valence-electron chi connectivity index (χ1n) is 9.10. The molecule has 0 spiro atoms. The molecule has 1 fully saturated rings. The van der Waals surface area contributed by atoms with Crippen molar-refractivity contribution in [2.75, 3.05) is 36.5 Å². The lowest BCUT2D eigenvalue weighted by Gasteiger charge is -2.25. The van der Waals surface area contributed by atoms with E-state index in [1.165, 1.54) is 0 Å². The molecule has 4 aromatic rings. The highest BCUT2D eigenvalue weighted by molar-refractivity contribution is 7.82. The van der Waals surface area contributed by atoms with Crippen LogP contribution in [0.15, 0.2) is 47.5 Å². The summed E-state index contributed by atoms with van der Waals surface area (Å²) in [4.78, 5) is 16.7. The number of nitrogens with zero attached hydrogens (tertiary/aromatic N) is 4. The second-order valence-electron chi connectivity index (χ2n) is 6.59. The Bertz CT molecular complexity index is 1220. The molecule has 29 heavy (non-hydrogen) atoms. The number of nitrogens with two attached hydrogens (primary N) is 1. The summed E-state index contributed by atoms with van der Waals surface area (Å²) in [5.41, 5.74) is 2.51. The van der Waals surface area contributed by atoms with E-state index in [4.69, 9.17) is 19.8 Å². The van der Waals surface area contributed by atoms with Gasteiger partial charge in [0.15, 0.2) is 5.13 Å². The summed E-state index contributed by atoms with van der Waals surface area (Å²) >= 11 is 1.64. The van der Waals surface area contributed by atoms with Crippen molar-refractivity contribution in [2.24, 2.45) is 5.14 Å². The molecule has 2 aromatic carbocycles. The zero-order valence-corrected chi connectivity index (χ0v) is 17.0. The number of hydrogen-bond donors (Lipinski definition) is 2. The molecule has 1 atom stereocenters. The summed E-state index contributed by atoms with van der Waals surface area (Å²) in [6.45, 7) is 3.13. The van der Waals surface area contributed by atoms with Crippen LogP contribution in [-0.4, -0.2) is 45.5 Å². The van der Waals surface area contributed by atoms with Crippen LogP contribution in [0, 0.1) is 0 Å². The van der Waals surface area contributed by atoms with Crippen molar-refractivity contribution in [1.29, 1.82) is 0 Å². The zero-order chi connectivity index (χ0) is 19.8. The molecule has 0 aliphatic carbocycles. The third-order valence-corrected chi connectivity index (χ3v) is 6.56. The Balaban J connectivity index is 1.52. The molecule has 148 valence electrons. The van der Waals surface area contributed by atoms with Crippen LogP contribution in [0.25, 0.3) is 21.1 Å². The van der Waals surface area contributed by atoms with E-state index in [-0.39, 0.29) is 0 Å². The number of rotatable bonds is 4. The van der Waals surface area contributed by atoms with Gasteiger partial charge < -0.3 is 15.0 Å². The maximum absolute atomic E-state index is 11.5. The van der Waals surface area contributed by atoms with E-state index >= 15 is 0 Å². The third kappa shape index (κ3) is 3.67. The molecule has 0 saturated carbocycles. The molecule has 1 aliphatic heterocycles. The van der Waals surface area contributed by atoms with Crippen LogP contribution in [0.2, 0.25) is 0 Å². The van der Waals surface area contributed by atoms with Crippen LogP contribution >= 0.6 is 11.3 Å². The molecule has 3 heterocycles. The van der Waals surface area contributed by atoms with E-state index in [1.807, 2.05) is 18.2 Å². The van der Waals surface area contributed by atoms with Crippen molar-refractivity contribution in [3.05, 3.63) is 42.6 Å². The maximum Gasteiger partial charge on any atom is 0.227 e. The number of benzene rings is 2. The number of aromatic nitrogens is 3. The Morgan fingerprint density at radius 2 is 2.03 bits per heavy atom. The van der Waals surface area contributed by atoms with Gasteiger partial charge in [-0.3, -0.25) is 0 Å². The Labute approximate surface area is 173 Å². The van der Waals surface area contributed by atoms with Gasteiger partial charge in [-0.25, -0.2) is 24.3 Å². The summed E-state index contributed by atoms with van der Waals surface area (Å²) < 4.78 is 18.0. The van der Waals surface area contributed by atoms with Crippen LogP contribution in [-0.2, 0) is 15.7 Å². The van der Waals surface area contributed by atoms with Gasteiger partial charge in [-0.05, 0) is 30.3 Å². The first kappa shape index (κ1) is 18.4. The molecule has 0 radical (unpaired) electrons. The van der Waals surface area contributed by atoms with Gasteiger partial charge in [0.25, 0.3) is 0 Å². The van der Waals surface area contributed by atoms with E-state index < -0.39 is 11.0 Å². The standard InChI is InChI=1S/C19H18N6O2S2/c20-29(26)14-3-1-2-13(10-14)22-18-21-11-12-4-5-15-17(16(12)24-18)28-19(23-15)25-6-8-27-9-7-25/h1-5,10-11H,6-9,20H2,(H,21,22,24). The molecule has 0 amide bonds. The average molecular weight is 427 g/mol. The van der Waals surface area contributed by atoms with Crippen LogP contribution in [0.1, 0.15) is 0 Å². The van der Waals surface area contributed by atoms with Crippen molar-refractivity contribution in [3.8, 4) is 0 Å². The summed E-state index contributed by atoms with van der Waals surface area (Å²) in [6.07, 6.45) is 1.79. The minimum atomic E-state index is -1.54. The van der Waals surface area contributed by atoms with Crippen molar-refractivity contribution >= 4 is 60.2 Å². The number of morpholine rings is 1. The van der Waals surface area contributed by atoms with Crippen LogP contribution < -0.4 is 15.4 Å². The fourth-order valence-electron chi connectivity index (χ4n) is 3.24. The van der Waals surface area contributed by atoms with Gasteiger partial charge >= 0.3 is 0 Å². The minimum absolute atomic E-state index is 0.464. The number of nitrogens with one attached hydrogen (secondary N) is 1. The van der Waals surface area contributed by atoms with Crippen LogP contribution in [0.4, 0.5) is 16.8 Å². The van der Waals surface area contributed by atoms with Crippen molar-refractivity contribution in [3.63, 3.8) is 0 Å². The zero-order valence-electron chi connectivity index (χ0n) is 15.4. The van der Waals surface area contributed by atoms with Gasteiger partial charge in [-0.1, -0.05) is 17.4 Å². The monoisotopic (exact) mass is 426 g/mol. The first-order chi connectivity index (χ1) is 14.2. The number of thiazole rings is 1. The summed E-state index contributed by atoms with van der Waals surface area (Å²) in [6, 6.07) is 11.1. The Morgan fingerprint density at radius 3 is 2.86 bits per heavy atom. The number of anilines is 3. The topological polar surface area (TPSA) is 106 Å². The fraction of sp³-hybridized carbons (Fsp3) is 0.211. The number of hydrogen-bond acceptors (Lipinski definition) is 8. The van der Waals surface area contributed by atoms with E-state index in [9.17, 15) is 4.21 Å². The molecule has 5 rings (SSSR count). The van der Waals surface area contributed by atoms with Gasteiger partial charge in [-0.15, -0.1) is 0 Å². The Kier molecular flexibility index (Phi) is 4.84. The van der Waals surface area contributed by atoms with Gasteiger partial charge in [0.2, 0.25) is 5.95 Å². The van der Waals surface area contributed by atoms with Gasteiger partial charge in [0.1, 0.15) is 11.0 Å². The van der Waals surface area contributed by atoms with E-state index in [2.05, 4.69) is 15.2 Å². The van der Waals surface area contributed by atoms with Crippen molar-refractivity contribution < 1.29 is 8.95 Å². The number of ether oxygens (including phenoxy) is 1. The predicted molar refractivity (Wildman–Crippen MR) is 116 cm³/mol. The highest BCUT2D eigenvalue weighted by Gasteiger charge is 2.17. The average Bonchev–Trinajstić information content (AvgIpc) is 3.19. The van der Waals surface area contributed by atoms with E-state index in [1.54, 1.807) is 35.7 Å². The summed E-state index contributed by atoms with van der Waals surface area (Å²) in [5, 5.41) is 10.6. The molecule has 10 heteroatoms. The SMILES string of the molecule is NS(=O)c1cccc(Nc2ncc3ccc4nc(N5CCOCC5)sc4c3n2)c1. The van der Waals surface area contributed by atoms with Gasteiger partial charge in [0.05, 0.1) is 33.8 Å². The van der Waals surface area contributed by atoms with Crippen molar-refractivity contribution in [2.45, 2.75) is 4.90 Å². The smallest absolute Gasteiger partial charge is 0.227 e. The van der Waals surface area contributed by atoms with Gasteiger partial charge in [0, 0.05) is 30.4 Å². The molecule has 3 N–H and O–H groups in total. The Morgan fingerprint density at radius 1 is 1.17 bits per heavy atom. The molecule has 0 bridgehead atoms. The first-order valence-corrected chi connectivity index (χ1v) is 11.1. The molecule has 1 saturated heterocycles. The summed E-state index contributed by atoms with van der Waals surface area (Å²) in [7, 11) is -1.54. The lowest BCUT2D eigenvalue weighted by Crippen LogP contribution is -2.36. The maximum atomic E-state index is 11.5. The molecule has 2 aromatic heterocycles. The van der Waals surface area contributed by atoms with E-state index in [0.717, 1.165) is 58.2 Å². The lowest BCUT2D eigenvalue weighted by molar-refractivity contribution is 0.122. The molecular weight excluding hydrogens is 408 g/mol. The normalized spacial score (nSPS) is 15.7. The van der Waals surface area contributed by atoms with Crippen molar-refractivity contribution in [1.82, 2.24) is 15.0 Å². The quantitative estimate of drug-likeness (QED) is 0.517. The molecular formula is C19H18N6O2S2. The second kappa shape index (κ2) is 7.64. The largest absolute Gasteiger partial charge is 0.378 e. The van der Waals surface area contributed by atoms with E-state index in [0.29, 0.717) is 10.8 Å². The Hall–Kier alpha value is -2.66. The summed E-state index contributed by atoms with van der Waals surface area (Å²) in [5.74, 6) is 0.464. The fourth-order valence-corrected chi connectivity index (χ4v) is 4.82. The molecule has 1 aliphatic rings. The van der Waals surface area contributed by atoms with Crippen LogP contribution in [0.3, 0.4) is 0 Å². The highest BCUT2D eigenvalue weighted by atomic mass is 32.2.